The van der Waals surface area contributed by atoms with Crippen molar-refractivity contribution in [1.82, 2.24) is 0 Å². The average molecular weight is 491 g/mol. The van der Waals surface area contributed by atoms with Gasteiger partial charge < -0.3 is 30.6 Å². The fourth-order valence-corrected chi connectivity index (χ4v) is 5.35. The molecule has 1 aliphatic carbocycles. The minimum Gasteiger partial charge on any atom is -0.515 e. The molecule has 1 aliphatic rings. The fraction of sp³-hybridized carbons (Fsp3) is 0.276. The molecule has 0 saturated carbocycles. The summed E-state index contributed by atoms with van der Waals surface area (Å²) in [5.41, 5.74) is 2.76. The number of ketones is 1. The molecule has 3 aromatic rings. The number of aliphatic hydroxyl groups is 2. The Bertz CT molecular complexity index is 1520. The van der Waals surface area contributed by atoms with E-state index in [1.54, 1.807) is 26.0 Å². The number of carbonyl (C=O) groups excluding carboxylic acids is 1. The zero-order valence-electron chi connectivity index (χ0n) is 21.1. The normalized spacial score (nSPS) is 15.0. The van der Waals surface area contributed by atoms with Crippen LogP contribution < -0.4 is 0 Å². The summed E-state index contributed by atoms with van der Waals surface area (Å²) in [5.74, 6) is -2.85. The summed E-state index contributed by atoms with van der Waals surface area (Å²) in [6, 6.07) is 4.76. The van der Waals surface area contributed by atoms with Crippen molar-refractivity contribution < 1.29 is 35.4 Å². The van der Waals surface area contributed by atoms with E-state index in [2.05, 4.69) is 0 Å². The molecule has 7 nitrogen and oxygen atoms in total. The third-order valence-electron chi connectivity index (χ3n) is 6.91. The van der Waals surface area contributed by atoms with Crippen molar-refractivity contribution in [2.24, 2.45) is 5.92 Å². The van der Waals surface area contributed by atoms with Crippen molar-refractivity contribution in [1.29, 1.82) is 0 Å². The van der Waals surface area contributed by atoms with Crippen molar-refractivity contribution in [3.63, 3.8) is 0 Å². The fourth-order valence-electron chi connectivity index (χ4n) is 5.35. The van der Waals surface area contributed by atoms with Gasteiger partial charge in [0.15, 0.2) is 17.3 Å². The zero-order chi connectivity index (χ0) is 26.8. The summed E-state index contributed by atoms with van der Waals surface area (Å²) in [4.78, 5) is 12.9. The van der Waals surface area contributed by atoms with Gasteiger partial charge in [0.25, 0.3) is 0 Å². The van der Waals surface area contributed by atoms with Crippen molar-refractivity contribution in [3.05, 3.63) is 58.0 Å². The number of aromatic hydroxyl groups is 4. The number of aliphatic hydroxyl groups excluding tert-OH is 2. The number of fused-ring (bicyclic) bond motifs is 2. The molecule has 0 unspecified atom stereocenters. The van der Waals surface area contributed by atoms with Crippen molar-refractivity contribution >= 4 is 27.7 Å². The molecule has 7 heteroatoms. The van der Waals surface area contributed by atoms with E-state index < -0.39 is 11.5 Å². The largest absolute Gasteiger partial charge is 0.515 e. The van der Waals surface area contributed by atoms with E-state index in [1.807, 2.05) is 27.7 Å². The van der Waals surface area contributed by atoms with Gasteiger partial charge in [-0.1, -0.05) is 39.8 Å². The molecule has 36 heavy (non-hydrogen) atoms. The standard InChI is InChI=1S/C29H30O7/c1-11(2)20-15-7-13(5)22(25(32)16(15)9-19(31)27(20)34)23-14(6)8-17-21(12(3)4)29(36)26(33)18(10-30)24(17)28(23)35/h7-12,30-32,34-36H,1-6H3/b18-10-. The molecular weight excluding hydrogens is 460 g/mol. The summed E-state index contributed by atoms with van der Waals surface area (Å²) in [7, 11) is 0. The number of hydrogen-bond donors (Lipinski definition) is 6. The second-order valence-electron chi connectivity index (χ2n) is 9.95. The van der Waals surface area contributed by atoms with E-state index in [1.165, 1.54) is 6.07 Å². The molecule has 4 rings (SSSR count). The number of hydrogen-bond acceptors (Lipinski definition) is 7. The molecular formula is C29H30O7. The highest BCUT2D eigenvalue weighted by molar-refractivity contribution is 6.33. The van der Waals surface area contributed by atoms with Gasteiger partial charge in [-0.2, -0.15) is 0 Å². The minimum atomic E-state index is -0.805. The topological polar surface area (TPSA) is 138 Å². The van der Waals surface area contributed by atoms with E-state index in [9.17, 15) is 35.4 Å². The van der Waals surface area contributed by atoms with Gasteiger partial charge in [-0.25, -0.2) is 0 Å². The van der Waals surface area contributed by atoms with Gasteiger partial charge in [-0.15, -0.1) is 0 Å². The molecule has 0 bridgehead atoms. The lowest BCUT2D eigenvalue weighted by Crippen LogP contribution is -2.18. The van der Waals surface area contributed by atoms with Crippen molar-refractivity contribution in [3.8, 4) is 34.1 Å². The Kier molecular flexibility index (Phi) is 5.91. The van der Waals surface area contributed by atoms with Gasteiger partial charge in [0, 0.05) is 33.2 Å². The molecule has 3 aromatic carbocycles. The van der Waals surface area contributed by atoms with Crippen LogP contribution in [0.25, 0.3) is 33.0 Å². The molecule has 0 saturated heterocycles. The number of allylic oxidation sites excluding steroid dienone is 2. The molecule has 0 fully saturated rings. The highest BCUT2D eigenvalue weighted by Crippen LogP contribution is 2.52. The van der Waals surface area contributed by atoms with Gasteiger partial charge in [0.1, 0.15) is 11.5 Å². The Morgan fingerprint density at radius 3 is 1.86 bits per heavy atom. The van der Waals surface area contributed by atoms with Gasteiger partial charge in [-0.3, -0.25) is 4.79 Å². The first-order valence-electron chi connectivity index (χ1n) is 11.7. The van der Waals surface area contributed by atoms with Gasteiger partial charge >= 0.3 is 0 Å². The lowest BCUT2D eigenvalue weighted by Gasteiger charge is -2.27. The maximum Gasteiger partial charge on any atom is 0.231 e. The van der Waals surface area contributed by atoms with Gasteiger partial charge in [0.05, 0.1) is 11.8 Å². The van der Waals surface area contributed by atoms with Crippen LogP contribution in [0.15, 0.2) is 30.2 Å². The predicted molar refractivity (Wildman–Crippen MR) is 140 cm³/mol. The molecule has 0 atom stereocenters. The first kappa shape index (κ1) is 25.0. The lowest BCUT2D eigenvalue weighted by atomic mass is 9.77. The number of aryl methyl sites for hydroxylation is 2. The third kappa shape index (κ3) is 3.38. The van der Waals surface area contributed by atoms with Gasteiger partial charge in [-0.05, 0) is 53.8 Å². The second-order valence-corrected chi connectivity index (χ2v) is 9.95. The maximum absolute atomic E-state index is 12.9. The van der Waals surface area contributed by atoms with E-state index in [0.29, 0.717) is 44.9 Å². The number of Topliss-reactive ketones (excluding diaryl/α,β-unsaturated/α-hetero) is 1. The van der Waals surface area contributed by atoms with Crippen LogP contribution in [-0.2, 0) is 4.79 Å². The number of rotatable bonds is 3. The van der Waals surface area contributed by atoms with Crippen molar-refractivity contribution in [2.75, 3.05) is 0 Å². The van der Waals surface area contributed by atoms with Gasteiger partial charge in [0.2, 0.25) is 5.78 Å². The number of benzene rings is 3. The molecule has 188 valence electrons. The maximum atomic E-state index is 12.9. The quantitative estimate of drug-likeness (QED) is 0.140. The lowest BCUT2D eigenvalue weighted by molar-refractivity contribution is -0.112. The van der Waals surface area contributed by atoms with Crippen LogP contribution in [0.5, 0.6) is 23.0 Å². The number of phenolic OH excluding ortho intramolecular Hbond substituents is 4. The molecule has 0 radical (unpaired) electrons. The van der Waals surface area contributed by atoms with Crippen molar-refractivity contribution in [2.45, 2.75) is 47.5 Å². The second kappa shape index (κ2) is 8.52. The minimum absolute atomic E-state index is 0.0694. The number of carbonyl (C=O) groups is 1. The Morgan fingerprint density at radius 2 is 1.31 bits per heavy atom. The smallest absolute Gasteiger partial charge is 0.231 e. The summed E-state index contributed by atoms with van der Waals surface area (Å²) in [6.07, 6.45) is 0.566. The molecule has 0 heterocycles. The first-order chi connectivity index (χ1) is 16.8. The molecule has 0 aromatic heterocycles. The molecule has 0 aliphatic heterocycles. The van der Waals surface area contributed by atoms with E-state index in [0.717, 1.165) is 0 Å². The van der Waals surface area contributed by atoms with Crippen LogP contribution >= 0.6 is 0 Å². The Balaban J connectivity index is 2.15. The molecule has 0 amide bonds. The highest BCUT2D eigenvalue weighted by Gasteiger charge is 2.36. The van der Waals surface area contributed by atoms with E-state index in [-0.39, 0.29) is 57.1 Å². The summed E-state index contributed by atoms with van der Waals surface area (Å²) in [5, 5.41) is 65.1. The summed E-state index contributed by atoms with van der Waals surface area (Å²) < 4.78 is 0. The predicted octanol–water partition coefficient (Wildman–Crippen LogP) is 6.48. The van der Waals surface area contributed by atoms with Crippen LogP contribution in [-0.4, -0.2) is 36.4 Å². The number of phenols is 4. The van der Waals surface area contributed by atoms with Crippen LogP contribution in [0.3, 0.4) is 0 Å². The summed E-state index contributed by atoms with van der Waals surface area (Å²) in [6.45, 7) is 10.8. The first-order valence-corrected chi connectivity index (χ1v) is 11.7. The Hall–Kier alpha value is -4.13. The van der Waals surface area contributed by atoms with Crippen LogP contribution in [0.4, 0.5) is 0 Å². The SMILES string of the molecule is Cc1cc2c(c(O)c1-c1c(C)cc3c(C(C)C)c(O)c(O)cc3c1O)/C(=C/O)C(=O)C(O)=C2C(C)C. The average Bonchev–Trinajstić information content (AvgIpc) is 2.78. The molecule has 6 N–H and O–H groups in total. The Labute approximate surface area is 208 Å². The monoisotopic (exact) mass is 490 g/mol. The van der Waals surface area contributed by atoms with Crippen LogP contribution in [0.2, 0.25) is 0 Å². The Morgan fingerprint density at radius 1 is 0.722 bits per heavy atom. The highest BCUT2D eigenvalue weighted by atomic mass is 16.3. The van der Waals surface area contributed by atoms with Crippen LogP contribution in [0.1, 0.15) is 61.4 Å². The molecule has 0 spiro atoms. The van der Waals surface area contributed by atoms with E-state index in [4.69, 9.17) is 0 Å². The van der Waals surface area contributed by atoms with Crippen LogP contribution in [0, 0.1) is 19.8 Å². The zero-order valence-corrected chi connectivity index (χ0v) is 21.1. The third-order valence-corrected chi connectivity index (χ3v) is 6.91. The summed E-state index contributed by atoms with van der Waals surface area (Å²) >= 11 is 0. The van der Waals surface area contributed by atoms with E-state index >= 15 is 0 Å².